The van der Waals surface area contributed by atoms with Crippen molar-refractivity contribution in [2.75, 3.05) is 13.1 Å². The number of hydrogen-bond donors (Lipinski definition) is 0. The SMILES string of the molecule is O=C1CC(S(=O)(=O)F)CN1CCc1cnccn1. The molecule has 1 fully saturated rings. The fourth-order valence-electron chi connectivity index (χ4n) is 1.85. The lowest BCUT2D eigenvalue weighted by atomic mass is 10.3. The first-order valence-electron chi connectivity index (χ1n) is 5.43. The van der Waals surface area contributed by atoms with Crippen molar-refractivity contribution in [3.8, 4) is 0 Å². The summed E-state index contributed by atoms with van der Waals surface area (Å²) < 4.78 is 34.2. The van der Waals surface area contributed by atoms with Crippen LogP contribution < -0.4 is 0 Å². The molecule has 0 aromatic carbocycles. The average molecular weight is 273 g/mol. The Hall–Kier alpha value is -1.57. The number of carbonyl (C=O) groups is 1. The van der Waals surface area contributed by atoms with Gasteiger partial charge in [-0.2, -0.15) is 8.42 Å². The van der Waals surface area contributed by atoms with Crippen LogP contribution in [0.1, 0.15) is 12.1 Å². The first-order chi connectivity index (χ1) is 8.47. The molecule has 1 aliphatic rings. The topological polar surface area (TPSA) is 80.2 Å². The summed E-state index contributed by atoms with van der Waals surface area (Å²) in [6.07, 6.45) is 4.84. The van der Waals surface area contributed by atoms with Gasteiger partial charge >= 0.3 is 10.2 Å². The molecular formula is C10H12FN3O3S. The summed E-state index contributed by atoms with van der Waals surface area (Å²) in [5.41, 5.74) is 0.705. The van der Waals surface area contributed by atoms with E-state index in [0.29, 0.717) is 18.7 Å². The van der Waals surface area contributed by atoms with E-state index in [-0.39, 0.29) is 18.9 Å². The molecule has 1 amide bonds. The molecule has 0 bridgehead atoms. The number of amides is 1. The van der Waals surface area contributed by atoms with Gasteiger partial charge in [0.1, 0.15) is 5.25 Å². The van der Waals surface area contributed by atoms with E-state index in [9.17, 15) is 17.1 Å². The average Bonchev–Trinajstić information content (AvgIpc) is 2.69. The molecule has 1 unspecified atom stereocenters. The van der Waals surface area contributed by atoms with E-state index in [1.54, 1.807) is 6.20 Å². The molecule has 1 atom stereocenters. The van der Waals surface area contributed by atoms with Crippen molar-refractivity contribution < 1.29 is 17.1 Å². The molecule has 1 saturated heterocycles. The number of aromatic nitrogens is 2. The molecule has 1 aromatic heterocycles. The molecule has 0 spiro atoms. The van der Waals surface area contributed by atoms with Crippen LogP contribution in [0.4, 0.5) is 3.89 Å². The summed E-state index contributed by atoms with van der Waals surface area (Å²) in [5.74, 6) is -0.342. The lowest BCUT2D eigenvalue weighted by Gasteiger charge is -2.15. The fraction of sp³-hybridized carbons (Fsp3) is 0.500. The predicted octanol–water partition coefficient (Wildman–Crippen LogP) is -0.0807. The fourth-order valence-corrected chi connectivity index (χ4v) is 2.55. The second-order valence-corrected chi connectivity index (χ2v) is 5.71. The second kappa shape index (κ2) is 4.97. The minimum Gasteiger partial charge on any atom is -0.341 e. The van der Waals surface area contributed by atoms with E-state index < -0.39 is 15.5 Å². The highest BCUT2D eigenvalue weighted by atomic mass is 32.3. The van der Waals surface area contributed by atoms with Crippen molar-refractivity contribution in [2.45, 2.75) is 18.1 Å². The van der Waals surface area contributed by atoms with Gasteiger partial charge in [0, 0.05) is 44.5 Å². The van der Waals surface area contributed by atoms with Crippen molar-refractivity contribution in [3.05, 3.63) is 24.3 Å². The summed E-state index contributed by atoms with van der Waals surface area (Å²) in [6.45, 7) is 0.238. The van der Waals surface area contributed by atoms with Gasteiger partial charge in [-0.25, -0.2) is 0 Å². The Morgan fingerprint density at radius 2 is 2.22 bits per heavy atom. The molecule has 6 nitrogen and oxygen atoms in total. The zero-order chi connectivity index (χ0) is 13.2. The van der Waals surface area contributed by atoms with Crippen LogP contribution in [0.2, 0.25) is 0 Å². The number of hydrogen-bond acceptors (Lipinski definition) is 5. The number of rotatable bonds is 4. The Balaban J connectivity index is 1.94. The van der Waals surface area contributed by atoms with Crippen LogP contribution in [0.3, 0.4) is 0 Å². The predicted molar refractivity (Wildman–Crippen MR) is 60.7 cm³/mol. The Morgan fingerprint density at radius 3 is 2.78 bits per heavy atom. The van der Waals surface area contributed by atoms with Crippen LogP contribution in [0, 0.1) is 0 Å². The summed E-state index contributed by atoms with van der Waals surface area (Å²) >= 11 is 0. The zero-order valence-electron chi connectivity index (χ0n) is 9.49. The van der Waals surface area contributed by atoms with E-state index in [1.165, 1.54) is 17.3 Å². The normalized spacial score (nSPS) is 20.4. The highest BCUT2D eigenvalue weighted by molar-refractivity contribution is 7.87. The Morgan fingerprint density at radius 1 is 1.44 bits per heavy atom. The second-order valence-electron chi connectivity index (χ2n) is 4.09. The molecule has 2 rings (SSSR count). The minimum absolute atomic E-state index is 0.0854. The molecule has 0 radical (unpaired) electrons. The van der Waals surface area contributed by atoms with E-state index in [2.05, 4.69) is 9.97 Å². The molecule has 18 heavy (non-hydrogen) atoms. The molecular weight excluding hydrogens is 261 g/mol. The third-order valence-corrected chi connectivity index (χ3v) is 3.94. The van der Waals surface area contributed by atoms with Gasteiger partial charge in [-0.1, -0.05) is 0 Å². The standard InChI is InChI=1S/C10H12FN3O3S/c11-18(16,17)9-5-10(15)14(7-9)4-1-8-6-12-2-3-13-8/h2-3,6,9H,1,4-5,7H2. The number of nitrogens with zero attached hydrogens (tertiary/aromatic N) is 3. The zero-order valence-corrected chi connectivity index (χ0v) is 10.3. The third-order valence-electron chi connectivity index (χ3n) is 2.83. The van der Waals surface area contributed by atoms with Crippen molar-refractivity contribution >= 4 is 16.1 Å². The van der Waals surface area contributed by atoms with Crippen molar-refractivity contribution in [1.29, 1.82) is 0 Å². The minimum atomic E-state index is -4.64. The Labute approximate surface area is 104 Å². The lowest BCUT2D eigenvalue weighted by molar-refractivity contribution is -0.127. The van der Waals surface area contributed by atoms with Crippen molar-refractivity contribution in [2.24, 2.45) is 0 Å². The van der Waals surface area contributed by atoms with E-state index in [0.717, 1.165) is 0 Å². The molecule has 0 N–H and O–H groups in total. The summed E-state index contributed by atoms with van der Waals surface area (Å²) in [7, 11) is -4.64. The van der Waals surface area contributed by atoms with Gasteiger partial charge in [0.25, 0.3) is 0 Å². The van der Waals surface area contributed by atoms with Gasteiger partial charge in [0.15, 0.2) is 0 Å². The highest BCUT2D eigenvalue weighted by Crippen LogP contribution is 2.19. The number of halogens is 1. The summed E-state index contributed by atoms with van der Waals surface area (Å²) in [6, 6.07) is 0. The molecule has 8 heteroatoms. The smallest absolute Gasteiger partial charge is 0.307 e. The van der Waals surface area contributed by atoms with Crippen LogP contribution in [0.15, 0.2) is 18.6 Å². The van der Waals surface area contributed by atoms with Crippen molar-refractivity contribution in [3.63, 3.8) is 0 Å². The third kappa shape index (κ3) is 3.00. The van der Waals surface area contributed by atoms with Crippen molar-refractivity contribution in [1.82, 2.24) is 14.9 Å². The monoisotopic (exact) mass is 273 g/mol. The largest absolute Gasteiger partial charge is 0.341 e. The molecule has 0 aliphatic carbocycles. The maximum Gasteiger partial charge on any atom is 0.307 e. The van der Waals surface area contributed by atoms with Gasteiger partial charge in [-0.05, 0) is 0 Å². The van der Waals surface area contributed by atoms with Crippen LogP contribution in [0.25, 0.3) is 0 Å². The first kappa shape index (κ1) is 12.9. The van der Waals surface area contributed by atoms with Gasteiger partial charge in [-0.3, -0.25) is 14.8 Å². The van der Waals surface area contributed by atoms with E-state index in [1.807, 2.05) is 0 Å². The summed E-state index contributed by atoms with van der Waals surface area (Å²) in [4.78, 5) is 20.8. The van der Waals surface area contributed by atoms with Gasteiger partial charge in [0.05, 0.1) is 5.69 Å². The van der Waals surface area contributed by atoms with Crippen LogP contribution in [-0.2, 0) is 21.4 Å². The Bertz CT molecular complexity index is 535. The van der Waals surface area contributed by atoms with Gasteiger partial charge in [-0.15, -0.1) is 3.89 Å². The van der Waals surface area contributed by atoms with E-state index in [4.69, 9.17) is 0 Å². The maximum atomic E-state index is 12.8. The van der Waals surface area contributed by atoms with E-state index >= 15 is 0 Å². The molecule has 2 heterocycles. The van der Waals surface area contributed by atoms with Crippen LogP contribution in [0.5, 0.6) is 0 Å². The molecule has 1 aromatic rings. The highest BCUT2D eigenvalue weighted by Gasteiger charge is 2.38. The molecule has 1 aliphatic heterocycles. The Kier molecular flexibility index (Phi) is 3.55. The first-order valence-corrected chi connectivity index (χ1v) is 6.87. The number of likely N-dealkylation sites (tertiary alicyclic amines) is 1. The lowest BCUT2D eigenvalue weighted by Crippen LogP contribution is -2.29. The number of carbonyl (C=O) groups excluding carboxylic acids is 1. The summed E-state index contributed by atoms with van der Waals surface area (Å²) in [5, 5.41) is -1.23. The molecule has 98 valence electrons. The maximum absolute atomic E-state index is 12.8. The quantitative estimate of drug-likeness (QED) is 0.717. The van der Waals surface area contributed by atoms with Crippen LogP contribution in [-0.4, -0.2) is 47.5 Å². The van der Waals surface area contributed by atoms with Crippen LogP contribution >= 0.6 is 0 Å². The molecule has 0 saturated carbocycles. The van der Waals surface area contributed by atoms with Gasteiger partial charge in [0.2, 0.25) is 5.91 Å². The van der Waals surface area contributed by atoms with Gasteiger partial charge < -0.3 is 4.90 Å².